The van der Waals surface area contributed by atoms with Gasteiger partial charge in [0.05, 0.1) is 11.1 Å². The van der Waals surface area contributed by atoms with Crippen LogP contribution in [-0.4, -0.2) is 33.3 Å². The van der Waals surface area contributed by atoms with Gasteiger partial charge in [-0.1, -0.05) is 24.3 Å². The fourth-order valence-corrected chi connectivity index (χ4v) is 3.46. The Balaban J connectivity index is 1.84. The van der Waals surface area contributed by atoms with E-state index in [1.54, 1.807) is 0 Å². The Morgan fingerprint density at radius 2 is 1.00 bits per heavy atom. The molecule has 0 unspecified atom stereocenters. The number of carbonyl (C=O) groups is 4. The van der Waals surface area contributed by atoms with Crippen LogP contribution in [0.1, 0.15) is 55.3 Å². The Labute approximate surface area is 164 Å². The number of allylic oxidation sites excluding steroid dienone is 4. The number of rotatable bonds is 2. The zero-order valence-corrected chi connectivity index (χ0v) is 15.4. The van der Waals surface area contributed by atoms with Crippen LogP contribution < -0.4 is 0 Å². The number of carbonyl (C=O) groups excluding carboxylic acids is 4. The number of phenolic OH excluding ortho intramolecular Hbond substituents is 2. The van der Waals surface area contributed by atoms with Crippen LogP contribution in [0.3, 0.4) is 0 Å². The summed E-state index contributed by atoms with van der Waals surface area (Å²) in [5.41, 5.74) is -0.518. The van der Waals surface area contributed by atoms with Gasteiger partial charge >= 0.3 is 0 Å². The van der Waals surface area contributed by atoms with Crippen LogP contribution in [0.4, 0.5) is 0 Å². The molecule has 2 aromatic carbocycles. The molecule has 7 heteroatoms. The summed E-state index contributed by atoms with van der Waals surface area (Å²) in [5.74, 6) is -4.32. The minimum absolute atomic E-state index is 0.0274. The van der Waals surface area contributed by atoms with E-state index in [9.17, 15) is 29.4 Å². The number of aromatic hydroxyl groups is 2. The van der Waals surface area contributed by atoms with Crippen molar-refractivity contribution in [3.63, 3.8) is 0 Å². The Kier molecular flexibility index (Phi) is 3.97. The number of hydrogen-bond donors (Lipinski definition) is 2. The van der Waals surface area contributed by atoms with Crippen molar-refractivity contribution in [2.75, 3.05) is 0 Å². The monoisotopic (exact) mass is 390 g/mol. The molecule has 0 aliphatic heterocycles. The molecule has 144 valence electrons. The van der Waals surface area contributed by atoms with Gasteiger partial charge in [-0.3, -0.25) is 19.2 Å². The smallest absolute Gasteiger partial charge is 0.233 e. The van der Waals surface area contributed by atoms with Crippen LogP contribution in [-0.2, 0) is 4.74 Å². The molecule has 7 nitrogen and oxygen atoms in total. The molecule has 2 aliphatic rings. The van der Waals surface area contributed by atoms with Gasteiger partial charge < -0.3 is 14.9 Å². The molecule has 29 heavy (non-hydrogen) atoms. The third-order valence-electron chi connectivity index (χ3n) is 5.01. The van der Waals surface area contributed by atoms with E-state index in [-0.39, 0.29) is 33.4 Å². The van der Waals surface area contributed by atoms with Crippen LogP contribution >= 0.6 is 0 Å². The standard InChI is InChI=1S/C22H14O7/c1-9-17(25)11-5-3-7-13(23)15(11)19(27)21(9)29-22-10(2)18(26)12-6-4-8-14(24)16(12)20(22)28/h3-8,23-24H,1-2H3. The zero-order valence-electron chi connectivity index (χ0n) is 15.4. The summed E-state index contributed by atoms with van der Waals surface area (Å²) in [7, 11) is 0. The molecule has 0 saturated carbocycles. The molecule has 4 rings (SSSR count). The number of Topliss-reactive ketones (excluding diaryl/α,β-unsaturated/α-hetero) is 4. The van der Waals surface area contributed by atoms with Crippen LogP contribution in [0.25, 0.3) is 0 Å². The molecule has 0 bridgehead atoms. The first-order chi connectivity index (χ1) is 13.7. The zero-order chi connectivity index (χ0) is 21.0. The van der Waals surface area contributed by atoms with E-state index in [1.807, 2.05) is 0 Å². The van der Waals surface area contributed by atoms with Crippen molar-refractivity contribution in [2.45, 2.75) is 13.8 Å². The molecule has 0 radical (unpaired) electrons. The van der Waals surface area contributed by atoms with E-state index in [4.69, 9.17) is 4.74 Å². The lowest BCUT2D eigenvalue weighted by Gasteiger charge is -2.24. The van der Waals surface area contributed by atoms with Crippen LogP contribution in [0.15, 0.2) is 59.1 Å². The van der Waals surface area contributed by atoms with Crippen LogP contribution in [0.5, 0.6) is 11.5 Å². The second-order valence-electron chi connectivity index (χ2n) is 6.73. The third kappa shape index (κ3) is 2.51. The molecular formula is C22H14O7. The largest absolute Gasteiger partial charge is 0.507 e. The summed E-state index contributed by atoms with van der Waals surface area (Å²) in [6, 6.07) is 8.21. The highest BCUT2D eigenvalue weighted by molar-refractivity contribution is 6.29. The molecule has 0 amide bonds. The summed E-state index contributed by atoms with van der Waals surface area (Å²) in [6.07, 6.45) is 0. The fraction of sp³-hybridized carbons (Fsp3) is 0.0909. The van der Waals surface area contributed by atoms with Crippen molar-refractivity contribution >= 4 is 23.1 Å². The molecule has 2 aromatic rings. The van der Waals surface area contributed by atoms with Crippen molar-refractivity contribution in [3.8, 4) is 11.5 Å². The lowest BCUT2D eigenvalue weighted by molar-refractivity contribution is 0.0844. The number of hydrogen-bond acceptors (Lipinski definition) is 7. The van der Waals surface area contributed by atoms with Crippen molar-refractivity contribution < 1.29 is 34.1 Å². The van der Waals surface area contributed by atoms with E-state index in [2.05, 4.69) is 0 Å². The Morgan fingerprint density at radius 3 is 1.38 bits per heavy atom. The SMILES string of the molecule is CC1=C(OC2=C(C)C(=O)c3cccc(O)c3C2=O)C(=O)c2c(O)cccc2C1=O. The van der Waals surface area contributed by atoms with Crippen molar-refractivity contribution in [3.05, 3.63) is 81.3 Å². The predicted molar refractivity (Wildman–Crippen MR) is 100 cm³/mol. The highest BCUT2D eigenvalue weighted by Crippen LogP contribution is 2.37. The first kappa shape index (κ1) is 18.4. The van der Waals surface area contributed by atoms with Gasteiger partial charge in [0.2, 0.25) is 11.6 Å². The molecule has 2 aliphatic carbocycles. The maximum atomic E-state index is 12.9. The van der Waals surface area contributed by atoms with Crippen molar-refractivity contribution in [1.82, 2.24) is 0 Å². The van der Waals surface area contributed by atoms with Gasteiger partial charge in [0.25, 0.3) is 0 Å². The quantitative estimate of drug-likeness (QED) is 0.809. The molecule has 2 N–H and O–H groups in total. The van der Waals surface area contributed by atoms with Gasteiger partial charge in [-0.25, -0.2) is 0 Å². The van der Waals surface area contributed by atoms with Crippen LogP contribution in [0, 0.1) is 0 Å². The van der Waals surface area contributed by atoms with E-state index in [0.717, 1.165) is 0 Å². The van der Waals surface area contributed by atoms with Gasteiger partial charge in [0, 0.05) is 22.3 Å². The summed E-state index contributed by atoms with van der Waals surface area (Å²) >= 11 is 0. The first-order valence-electron chi connectivity index (χ1n) is 8.66. The number of fused-ring (bicyclic) bond motifs is 2. The maximum Gasteiger partial charge on any atom is 0.233 e. The average Bonchev–Trinajstić information content (AvgIpc) is 2.69. The Morgan fingerprint density at radius 1 is 0.621 bits per heavy atom. The predicted octanol–water partition coefficient (Wildman–Crippen LogP) is 3.12. The Hall–Kier alpha value is -4.00. The van der Waals surface area contributed by atoms with Crippen LogP contribution in [0.2, 0.25) is 0 Å². The summed E-state index contributed by atoms with van der Waals surface area (Å²) < 4.78 is 5.54. The van der Waals surface area contributed by atoms with Gasteiger partial charge in [0.15, 0.2) is 23.1 Å². The number of phenols is 2. The molecule has 0 fully saturated rings. The Bertz CT molecular complexity index is 1130. The second-order valence-corrected chi connectivity index (χ2v) is 6.73. The number of benzene rings is 2. The lowest BCUT2D eigenvalue weighted by atomic mass is 9.87. The summed E-state index contributed by atoms with van der Waals surface area (Å²) in [6.45, 7) is 2.72. The van der Waals surface area contributed by atoms with Crippen molar-refractivity contribution in [2.24, 2.45) is 0 Å². The fourth-order valence-electron chi connectivity index (χ4n) is 3.46. The molecular weight excluding hydrogens is 376 g/mol. The average molecular weight is 390 g/mol. The number of ether oxygens (including phenoxy) is 1. The van der Waals surface area contributed by atoms with Gasteiger partial charge in [0.1, 0.15) is 11.5 Å². The summed E-state index contributed by atoms with van der Waals surface area (Å²) in [4.78, 5) is 51.1. The first-order valence-corrected chi connectivity index (χ1v) is 8.66. The topological polar surface area (TPSA) is 118 Å². The van der Waals surface area contributed by atoms with Crippen molar-refractivity contribution in [1.29, 1.82) is 0 Å². The highest BCUT2D eigenvalue weighted by atomic mass is 16.5. The molecule has 0 saturated heterocycles. The van der Waals surface area contributed by atoms with E-state index in [0.29, 0.717) is 0 Å². The normalized spacial score (nSPS) is 16.2. The van der Waals surface area contributed by atoms with Gasteiger partial charge in [-0.15, -0.1) is 0 Å². The molecule has 0 aromatic heterocycles. The minimum Gasteiger partial charge on any atom is -0.507 e. The van der Waals surface area contributed by atoms with E-state index >= 15 is 0 Å². The van der Waals surface area contributed by atoms with Gasteiger partial charge in [-0.05, 0) is 26.0 Å². The lowest BCUT2D eigenvalue weighted by Crippen LogP contribution is -2.27. The second kappa shape index (κ2) is 6.27. The van der Waals surface area contributed by atoms with E-state index < -0.39 is 46.2 Å². The highest BCUT2D eigenvalue weighted by Gasteiger charge is 2.38. The third-order valence-corrected chi connectivity index (χ3v) is 5.01. The molecule has 0 atom stereocenters. The number of ketones is 4. The molecule has 0 spiro atoms. The maximum absolute atomic E-state index is 12.9. The van der Waals surface area contributed by atoms with E-state index in [1.165, 1.54) is 50.2 Å². The minimum atomic E-state index is -0.779. The summed E-state index contributed by atoms with van der Waals surface area (Å²) in [5, 5.41) is 20.1. The van der Waals surface area contributed by atoms with Gasteiger partial charge in [-0.2, -0.15) is 0 Å². The molecule has 0 heterocycles.